The minimum Gasteiger partial charge on any atom is -0.276 e. The van der Waals surface area contributed by atoms with Crippen molar-refractivity contribution in [2.45, 2.75) is 39.0 Å². The molecule has 0 saturated heterocycles. The summed E-state index contributed by atoms with van der Waals surface area (Å²) in [6.07, 6.45) is -0.734. The summed E-state index contributed by atoms with van der Waals surface area (Å²) >= 11 is 0. The van der Waals surface area contributed by atoms with Crippen molar-refractivity contribution in [3.05, 3.63) is 33.9 Å². The van der Waals surface area contributed by atoms with Gasteiger partial charge < -0.3 is 0 Å². The van der Waals surface area contributed by atoms with Crippen molar-refractivity contribution in [3.63, 3.8) is 0 Å². The summed E-state index contributed by atoms with van der Waals surface area (Å²) in [5.41, 5.74) is -0.554. The molecule has 1 atom stereocenters. The second-order valence-electron chi connectivity index (χ2n) is 4.42. The van der Waals surface area contributed by atoms with E-state index in [0.29, 0.717) is 5.82 Å². The Morgan fingerprint density at radius 1 is 1.44 bits per heavy atom. The van der Waals surface area contributed by atoms with Crippen molar-refractivity contribution < 1.29 is 8.78 Å². The van der Waals surface area contributed by atoms with E-state index in [1.54, 1.807) is 0 Å². The minimum atomic E-state index is -2.66. The van der Waals surface area contributed by atoms with E-state index in [2.05, 4.69) is 17.0 Å². The first-order valence-corrected chi connectivity index (χ1v) is 5.93. The fourth-order valence-electron chi connectivity index (χ4n) is 1.95. The predicted molar refractivity (Wildman–Crippen MR) is 64.1 cm³/mol. The van der Waals surface area contributed by atoms with Gasteiger partial charge in [-0.1, -0.05) is 20.3 Å². The highest BCUT2D eigenvalue weighted by atomic mass is 19.3. The average Bonchev–Trinajstić information content (AvgIpc) is 2.73. The van der Waals surface area contributed by atoms with E-state index in [4.69, 9.17) is 0 Å². The van der Waals surface area contributed by atoms with Gasteiger partial charge >= 0.3 is 0 Å². The maximum Gasteiger partial charge on any atom is 0.271 e. The lowest BCUT2D eigenvalue weighted by Gasteiger charge is -2.03. The van der Waals surface area contributed by atoms with Crippen LogP contribution in [0.15, 0.2) is 16.9 Å². The van der Waals surface area contributed by atoms with Gasteiger partial charge in [0.25, 0.3) is 12.0 Å². The molecule has 0 aliphatic carbocycles. The Hall–Kier alpha value is -1.72. The maximum absolute atomic E-state index is 12.6. The van der Waals surface area contributed by atoms with Gasteiger partial charge in [-0.2, -0.15) is 0 Å². The smallest absolute Gasteiger partial charge is 0.271 e. The summed E-state index contributed by atoms with van der Waals surface area (Å²) in [5, 5.41) is 2.86. The van der Waals surface area contributed by atoms with Crippen LogP contribution in [0.3, 0.4) is 0 Å². The first kappa shape index (κ1) is 12.7. The molecule has 2 rings (SSSR count). The summed E-state index contributed by atoms with van der Waals surface area (Å²) in [5.74, 6) is 0.824. The molecule has 0 aliphatic heterocycles. The number of fused-ring (bicyclic) bond motifs is 1. The van der Waals surface area contributed by atoms with Crippen LogP contribution in [-0.4, -0.2) is 14.6 Å². The number of hydrogen-bond donors (Lipinski definition) is 1. The molecule has 4 nitrogen and oxygen atoms in total. The number of aromatic nitrogens is 3. The maximum atomic E-state index is 12.6. The highest BCUT2D eigenvalue weighted by molar-refractivity contribution is 5.41. The van der Waals surface area contributed by atoms with Gasteiger partial charge in [-0.05, 0) is 12.5 Å². The summed E-state index contributed by atoms with van der Waals surface area (Å²) in [6.45, 7) is 4.04. The van der Waals surface area contributed by atoms with Gasteiger partial charge in [0, 0.05) is 17.5 Å². The molecular formula is C12H15F2N3O. The molecule has 18 heavy (non-hydrogen) atoms. The number of pyridine rings is 1. The van der Waals surface area contributed by atoms with Crippen LogP contribution in [0.25, 0.3) is 5.65 Å². The van der Waals surface area contributed by atoms with E-state index in [1.165, 1.54) is 10.6 Å². The van der Waals surface area contributed by atoms with E-state index in [0.717, 1.165) is 18.9 Å². The third kappa shape index (κ3) is 2.27. The highest BCUT2D eigenvalue weighted by Crippen LogP contribution is 2.20. The van der Waals surface area contributed by atoms with E-state index in [1.807, 2.05) is 6.92 Å². The summed E-state index contributed by atoms with van der Waals surface area (Å²) in [4.78, 5) is 15.9. The van der Waals surface area contributed by atoms with Crippen LogP contribution in [0.1, 0.15) is 50.4 Å². The molecule has 2 aromatic heterocycles. The average molecular weight is 255 g/mol. The second-order valence-corrected chi connectivity index (χ2v) is 4.42. The fourth-order valence-corrected chi connectivity index (χ4v) is 1.95. The Labute approximate surface area is 103 Å². The summed E-state index contributed by atoms with van der Waals surface area (Å²) in [6, 6.07) is 2.18. The Morgan fingerprint density at radius 2 is 2.17 bits per heavy atom. The molecule has 2 heterocycles. The number of halogens is 2. The number of hydrogen-bond acceptors (Lipinski definition) is 2. The van der Waals surface area contributed by atoms with Crippen LogP contribution in [0.2, 0.25) is 0 Å². The van der Waals surface area contributed by atoms with Gasteiger partial charge in [0.05, 0.1) is 0 Å². The summed E-state index contributed by atoms with van der Waals surface area (Å²) in [7, 11) is 0. The number of aromatic amines is 1. The van der Waals surface area contributed by atoms with Crippen molar-refractivity contribution in [1.82, 2.24) is 14.6 Å². The third-order valence-electron chi connectivity index (χ3n) is 2.94. The molecule has 0 saturated carbocycles. The van der Waals surface area contributed by atoms with Gasteiger partial charge in [0.1, 0.15) is 5.82 Å². The molecule has 98 valence electrons. The lowest BCUT2D eigenvalue weighted by Crippen LogP contribution is -2.14. The Bertz CT molecular complexity index is 603. The van der Waals surface area contributed by atoms with Crippen molar-refractivity contribution in [3.8, 4) is 0 Å². The standard InChI is InChI=1S/C12H15F2N3O/c1-3-4-7(2)12-15-9-5-8(11(13)14)6-10(18)17(9)16-12/h5-7,11H,3-4H2,1-2H3,(H,15,16). The van der Waals surface area contributed by atoms with Gasteiger partial charge in [-0.3, -0.25) is 9.89 Å². The molecule has 0 bridgehead atoms. The lowest BCUT2D eigenvalue weighted by molar-refractivity contribution is 0.151. The molecule has 1 unspecified atom stereocenters. The van der Waals surface area contributed by atoms with Crippen molar-refractivity contribution in [2.24, 2.45) is 0 Å². The quantitative estimate of drug-likeness (QED) is 0.913. The number of nitrogens with one attached hydrogen (secondary N) is 1. The van der Waals surface area contributed by atoms with Crippen LogP contribution in [-0.2, 0) is 0 Å². The second kappa shape index (κ2) is 4.88. The van der Waals surface area contributed by atoms with Crippen LogP contribution >= 0.6 is 0 Å². The normalized spacial score (nSPS) is 13.4. The Kier molecular flexibility index (Phi) is 3.45. The first-order valence-electron chi connectivity index (χ1n) is 5.93. The van der Waals surface area contributed by atoms with Gasteiger partial charge in [-0.25, -0.2) is 18.3 Å². The number of nitrogens with zero attached hydrogens (tertiary/aromatic N) is 2. The molecular weight excluding hydrogens is 240 g/mol. The van der Waals surface area contributed by atoms with Crippen molar-refractivity contribution in [1.29, 1.82) is 0 Å². The van der Waals surface area contributed by atoms with Gasteiger partial charge in [0.2, 0.25) is 0 Å². The molecule has 0 aliphatic rings. The molecule has 2 aromatic rings. The molecule has 0 fully saturated rings. The zero-order chi connectivity index (χ0) is 13.3. The fraction of sp³-hybridized carbons (Fsp3) is 0.500. The lowest BCUT2D eigenvalue weighted by atomic mass is 10.1. The number of H-pyrrole nitrogens is 1. The largest absolute Gasteiger partial charge is 0.276 e. The third-order valence-corrected chi connectivity index (χ3v) is 2.94. The zero-order valence-corrected chi connectivity index (χ0v) is 10.3. The van der Waals surface area contributed by atoms with Gasteiger partial charge in [0.15, 0.2) is 5.65 Å². The predicted octanol–water partition coefficient (Wildman–Crippen LogP) is 2.86. The van der Waals surface area contributed by atoms with Crippen molar-refractivity contribution >= 4 is 5.65 Å². The highest BCUT2D eigenvalue weighted by Gasteiger charge is 2.14. The van der Waals surface area contributed by atoms with E-state index < -0.39 is 12.0 Å². The summed E-state index contributed by atoms with van der Waals surface area (Å²) < 4.78 is 26.4. The molecule has 0 aromatic carbocycles. The van der Waals surface area contributed by atoms with E-state index >= 15 is 0 Å². The molecule has 0 amide bonds. The van der Waals surface area contributed by atoms with Crippen LogP contribution in [0.5, 0.6) is 0 Å². The minimum absolute atomic E-state index is 0.171. The zero-order valence-electron chi connectivity index (χ0n) is 10.3. The van der Waals surface area contributed by atoms with Gasteiger partial charge in [-0.15, -0.1) is 0 Å². The monoisotopic (exact) mass is 255 g/mol. The van der Waals surface area contributed by atoms with Crippen LogP contribution in [0.4, 0.5) is 8.78 Å². The first-order chi connectivity index (χ1) is 8.52. The van der Waals surface area contributed by atoms with Crippen molar-refractivity contribution in [2.75, 3.05) is 0 Å². The SMILES string of the molecule is CCCC(C)c1nc2cc(C(F)F)cc(=O)n2[nH]1. The molecule has 1 N–H and O–H groups in total. The molecule has 0 spiro atoms. The number of alkyl halides is 2. The topological polar surface area (TPSA) is 50.2 Å². The molecule has 6 heteroatoms. The Morgan fingerprint density at radius 3 is 2.78 bits per heavy atom. The number of rotatable bonds is 4. The van der Waals surface area contributed by atoms with E-state index in [9.17, 15) is 13.6 Å². The van der Waals surface area contributed by atoms with Crippen LogP contribution in [0, 0.1) is 0 Å². The van der Waals surface area contributed by atoms with E-state index in [-0.39, 0.29) is 17.1 Å². The Balaban J connectivity index is 2.51. The molecule has 0 radical (unpaired) electrons. The van der Waals surface area contributed by atoms with Crippen LogP contribution < -0.4 is 5.56 Å².